The summed E-state index contributed by atoms with van der Waals surface area (Å²) < 4.78 is 48.3. The predicted octanol–water partition coefficient (Wildman–Crippen LogP) is 2.39. The van der Waals surface area contributed by atoms with Gasteiger partial charge in [0.1, 0.15) is 24.1 Å². The van der Waals surface area contributed by atoms with Crippen LogP contribution in [0.5, 0.6) is 5.75 Å². The minimum absolute atomic E-state index is 0.0781. The first kappa shape index (κ1) is 18.4. The first-order chi connectivity index (χ1) is 13.0. The van der Waals surface area contributed by atoms with Crippen LogP contribution >= 0.6 is 0 Å². The number of hydrogen-bond acceptors (Lipinski definition) is 6. The van der Waals surface area contributed by atoms with Crippen molar-refractivity contribution in [1.82, 2.24) is 0 Å². The molecule has 0 aromatic heterocycles. The van der Waals surface area contributed by atoms with Gasteiger partial charge in [-0.25, -0.2) is 8.42 Å². The lowest BCUT2D eigenvalue weighted by Crippen LogP contribution is -2.35. The van der Waals surface area contributed by atoms with Gasteiger partial charge in [-0.2, -0.15) is 0 Å². The molecule has 27 heavy (non-hydrogen) atoms. The number of fused-ring (bicyclic) bond motifs is 1. The van der Waals surface area contributed by atoms with E-state index in [1.54, 1.807) is 55.6 Å². The van der Waals surface area contributed by atoms with Gasteiger partial charge in [0.05, 0.1) is 23.0 Å². The summed E-state index contributed by atoms with van der Waals surface area (Å²) in [5.41, 5.74) is 1.01. The quantitative estimate of drug-likeness (QED) is 0.781. The number of rotatable bonds is 5. The molecule has 144 valence electrons. The van der Waals surface area contributed by atoms with Gasteiger partial charge in [-0.1, -0.05) is 17.7 Å². The van der Waals surface area contributed by atoms with Crippen molar-refractivity contribution in [2.75, 3.05) is 20.3 Å². The lowest BCUT2D eigenvalue weighted by molar-refractivity contribution is -0.0138. The van der Waals surface area contributed by atoms with Crippen molar-refractivity contribution in [3.8, 4) is 5.75 Å². The highest BCUT2D eigenvalue weighted by Gasteiger charge is 2.49. The topological polar surface area (TPSA) is 71.1 Å². The Morgan fingerprint density at radius 2 is 1.37 bits per heavy atom. The Morgan fingerprint density at radius 3 is 1.96 bits per heavy atom. The van der Waals surface area contributed by atoms with Crippen molar-refractivity contribution in [3.63, 3.8) is 0 Å². The largest absolute Gasteiger partial charge is 0.485 e. The first-order valence-electron chi connectivity index (χ1n) is 8.83. The summed E-state index contributed by atoms with van der Waals surface area (Å²) >= 11 is 0. The second-order valence-corrected chi connectivity index (χ2v) is 8.76. The molecule has 0 radical (unpaired) electrons. The molecule has 2 saturated heterocycles. The Balaban J connectivity index is 1.47. The highest BCUT2D eigenvalue weighted by Crippen LogP contribution is 2.31. The van der Waals surface area contributed by atoms with Gasteiger partial charge in [0.25, 0.3) is 0 Å². The molecular weight excluding hydrogens is 368 g/mol. The third-order valence-electron chi connectivity index (χ3n) is 5.02. The van der Waals surface area contributed by atoms with Crippen molar-refractivity contribution >= 4 is 9.84 Å². The third kappa shape index (κ3) is 3.48. The van der Waals surface area contributed by atoms with E-state index in [-0.39, 0.29) is 34.2 Å². The Kier molecular flexibility index (Phi) is 4.94. The molecule has 2 aliphatic rings. The van der Waals surface area contributed by atoms with Crippen molar-refractivity contribution in [2.45, 2.75) is 41.1 Å². The van der Waals surface area contributed by atoms with E-state index in [0.29, 0.717) is 19.0 Å². The standard InChI is InChI=1S/C20H22O6S/c1-13-3-7-15(8-4-13)27(21,22)16-9-5-14(6-10-16)26-18-12-25-19-17(23-2)11-24-20(18)19/h3-10,17-20H,11-12H2,1-2H3/t17-,18+,19+,20+/m0/s1. The minimum Gasteiger partial charge on any atom is -0.485 e. The van der Waals surface area contributed by atoms with Crippen LogP contribution in [0.1, 0.15) is 5.56 Å². The molecule has 0 aliphatic carbocycles. The molecule has 0 amide bonds. The molecule has 0 saturated carbocycles. The van der Waals surface area contributed by atoms with Gasteiger partial charge in [-0.15, -0.1) is 0 Å². The lowest BCUT2D eigenvalue weighted by atomic mass is 10.1. The zero-order valence-corrected chi connectivity index (χ0v) is 16.0. The predicted molar refractivity (Wildman–Crippen MR) is 97.8 cm³/mol. The molecule has 2 aromatic carbocycles. The monoisotopic (exact) mass is 390 g/mol. The summed E-state index contributed by atoms with van der Waals surface area (Å²) in [5.74, 6) is 0.580. The lowest BCUT2D eigenvalue weighted by Gasteiger charge is -2.18. The van der Waals surface area contributed by atoms with Crippen LogP contribution in [-0.2, 0) is 24.0 Å². The zero-order valence-electron chi connectivity index (χ0n) is 15.2. The van der Waals surface area contributed by atoms with E-state index in [2.05, 4.69) is 0 Å². The van der Waals surface area contributed by atoms with E-state index in [4.69, 9.17) is 18.9 Å². The van der Waals surface area contributed by atoms with Crippen molar-refractivity contribution in [3.05, 3.63) is 54.1 Å². The molecular formula is C20H22O6S. The van der Waals surface area contributed by atoms with E-state index < -0.39 is 9.84 Å². The van der Waals surface area contributed by atoms with E-state index in [1.807, 2.05) is 6.92 Å². The van der Waals surface area contributed by atoms with Crippen molar-refractivity contribution in [2.24, 2.45) is 0 Å². The fourth-order valence-electron chi connectivity index (χ4n) is 3.46. The number of benzene rings is 2. The molecule has 4 atom stereocenters. The number of hydrogen-bond donors (Lipinski definition) is 0. The molecule has 0 bridgehead atoms. The summed E-state index contributed by atoms with van der Waals surface area (Å²) in [6.07, 6.45) is -0.618. The number of ether oxygens (including phenoxy) is 4. The van der Waals surface area contributed by atoms with Crippen LogP contribution in [0, 0.1) is 6.92 Å². The summed E-state index contributed by atoms with van der Waals surface area (Å²) in [6, 6.07) is 13.3. The van der Waals surface area contributed by atoms with E-state index in [0.717, 1.165) is 5.56 Å². The van der Waals surface area contributed by atoms with Crippen LogP contribution < -0.4 is 4.74 Å². The van der Waals surface area contributed by atoms with Gasteiger partial charge in [0, 0.05) is 7.11 Å². The van der Waals surface area contributed by atoms with Gasteiger partial charge in [-0.3, -0.25) is 0 Å². The Morgan fingerprint density at radius 1 is 0.852 bits per heavy atom. The molecule has 2 aromatic rings. The fourth-order valence-corrected chi connectivity index (χ4v) is 4.72. The zero-order chi connectivity index (χ0) is 19.0. The van der Waals surface area contributed by atoms with E-state index in [9.17, 15) is 8.42 Å². The maximum Gasteiger partial charge on any atom is 0.206 e. The van der Waals surface area contributed by atoms with Crippen LogP contribution in [0.25, 0.3) is 0 Å². The second-order valence-electron chi connectivity index (χ2n) is 6.81. The highest BCUT2D eigenvalue weighted by molar-refractivity contribution is 7.91. The van der Waals surface area contributed by atoms with Crippen LogP contribution in [0.3, 0.4) is 0 Å². The molecule has 2 heterocycles. The number of sulfone groups is 1. The van der Waals surface area contributed by atoms with Gasteiger partial charge in [0.15, 0.2) is 6.10 Å². The Hall–Kier alpha value is -1.93. The summed E-state index contributed by atoms with van der Waals surface area (Å²) in [5, 5.41) is 0. The van der Waals surface area contributed by atoms with Crippen molar-refractivity contribution in [1.29, 1.82) is 0 Å². The summed E-state index contributed by atoms with van der Waals surface area (Å²) in [6.45, 7) is 2.82. The highest BCUT2D eigenvalue weighted by atomic mass is 32.2. The maximum atomic E-state index is 12.7. The van der Waals surface area contributed by atoms with Gasteiger partial charge >= 0.3 is 0 Å². The summed E-state index contributed by atoms with van der Waals surface area (Å²) in [4.78, 5) is 0.509. The maximum absolute atomic E-state index is 12.7. The molecule has 0 spiro atoms. The fraction of sp³-hybridized carbons (Fsp3) is 0.400. The number of methoxy groups -OCH3 is 1. The Labute approximate surface area is 158 Å². The SMILES string of the molecule is CO[C@H]1CO[C@H]2[C@@H]1OC[C@H]2Oc1ccc(S(=O)(=O)c2ccc(C)cc2)cc1. The van der Waals surface area contributed by atoms with Crippen LogP contribution in [0.2, 0.25) is 0 Å². The van der Waals surface area contributed by atoms with Crippen molar-refractivity contribution < 1.29 is 27.4 Å². The summed E-state index contributed by atoms with van der Waals surface area (Å²) in [7, 11) is -1.91. The average Bonchev–Trinajstić information content (AvgIpc) is 3.25. The average molecular weight is 390 g/mol. The number of aryl methyl sites for hydroxylation is 1. The molecule has 4 rings (SSSR count). The van der Waals surface area contributed by atoms with Gasteiger partial charge < -0.3 is 18.9 Å². The van der Waals surface area contributed by atoms with Crippen LogP contribution in [0.4, 0.5) is 0 Å². The molecule has 7 heteroatoms. The molecule has 6 nitrogen and oxygen atoms in total. The molecule has 0 unspecified atom stereocenters. The van der Waals surface area contributed by atoms with Gasteiger partial charge in [0.2, 0.25) is 9.84 Å². The van der Waals surface area contributed by atoms with E-state index in [1.165, 1.54) is 0 Å². The molecule has 0 N–H and O–H groups in total. The molecule has 2 aliphatic heterocycles. The third-order valence-corrected chi connectivity index (χ3v) is 6.80. The van der Waals surface area contributed by atoms with Crippen LogP contribution in [0.15, 0.2) is 58.3 Å². The Bertz CT molecular complexity index is 891. The van der Waals surface area contributed by atoms with Crippen LogP contribution in [-0.4, -0.2) is 53.2 Å². The minimum atomic E-state index is -3.55. The molecule has 2 fully saturated rings. The first-order valence-corrected chi connectivity index (χ1v) is 10.3. The van der Waals surface area contributed by atoms with Gasteiger partial charge in [-0.05, 0) is 43.3 Å². The smallest absolute Gasteiger partial charge is 0.206 e. The second kappa shape index (κ2) is 7.24. The van der Waals surface area contributed by atoms with E-state index >= 15 is 0 Å². The normalized spacial score (nSPS) is 27.5.